The first-order valence-electron chi connectivity index (χ1n) is 5.17. The van der Waals surface area contributed by atoms with Crippen LogP contribution in [0.25, 0.3) is 0 Å². The summed E-state index contributed by atoms with van der Waals surface area (Å²) in [5.41, 5.74) is 1.01. The van der Waals surface area contributed by atoms with Gasteiger partial charge in [-0.25, -0.2) is 0 Å². The number of halogens is 2. The van der Waals surface area contributed by atoms with Crippen LogP contribution in [-0.2, 0) is 10.4 Å². The van der Waals surface area contributed by atoms with Gasteiger partial charge in [0, 0.05) is 36.3 Å². The van der Waals surface area contributed by atoms with Gasteiger partial charge in [0.25, 0.3) is 0 Å². The molecule has 4 nitrogen and oxygen atoms in total. The van der Waals surface area contributed by atoms with Crippen molar-refractivity contribution in [2.24, 2.45) is 0 Å². The van der Waals surface area contributed by atoms with E-state index in [-0.39, 0.29) is 13.1 Å². The molecule has 0 unspecified atom stereocenters. The van der Waals surface area contributed by atoms with Crippen LogP contribution in [0, 0.1) is 0 Å². The molecule has 1 aromatic rings. The van der Waals surface area contributed by atoms with Crippen LogP contribution < -0.4 is 4.90 Å². The zero-order valence-electron chi connectivity index (χ0n) is 9.01. The SMILES string of the molecule is O=S(=O)(F)N1CCN(c2cccc(Br)c2)CC1. The predicted octanol–water partition coefficient (Wildman–Crippen LogP) is 1.79. The molecule has 1 aromatic carbocycles. The van der Waals surface area contributed by atoms with E-state index in [2.05, 4.69) is 15.9 Å². The van der Waals surface area contributed by atoms with E-state index in [0.717, 1.165) is 14.5 Å². The normalized spacial score (nSPS) is 18.4. The number of rotatable bonds is 2. The molecule has 1 aliphatic rings. The van der Waals surface area contributed by atoms with Crippen molar-refractivity contribution < 1.29 is 12.3 Å². The zero-order valence-corrected chi connectivity index (χ0v) is 11.4. The van der Waals surface area contributed by atoms with E-state index in [1.807, 2.05) is 29.2 Å². The molecule has 17 heavy (non-hydrogen) atoms. The van der Waals surface area contributed by atoms with Gasteiger partial charge in [0.15, 0.2) is 0 Å². The van der Waals surface area contributed by atoms with Crippen LogP contribution in [-0.4, -0.2) is 38.9 Å². The van der Waals surface area contributed by atoms with Gasteiger partial charge in [-0.15, -0.1) is 0 Å². The average Bonchev–Trinajstić information content (AvgIpc) is 2.28. The van der Waals surface area contributed by atoms with Gasteiger partial charge in [0.2, 0.25) is 0 Å². The zero-order chi connectivity index (χ0) is 12.5. The molecular formula is C10H12BrFN2O2S. The molecule has 0 bridgehead atoms. The molecule has 2 rings (SSSR count). The van der Waals surface area contributed by atoms with Crippen molar-refractivity contribution >= 4 is 32.0 Å². The summed E-state index contributed by atoms with van der Waals surface area (Å²) in [6, 6.07) is 7.74. The van der Waals surface area contributed by atoms with Crippen LogP contribution in [0.2, 0.25) is 0 Å². The standard InChI is InChI=1S/C10H12BrFN2O2S/c11-9-2-1-3-10(8-9)13-4-6-14(7-5-13)17(12,15)16/h1-3,8H,4-7H2. The average molecular weight is 323 g/mol. The van der Waals surface area contributed by atoms with Crippen molar-refractivity contribution in [3.05, 3.63) is 28.7 Å². The highest BCUT2D eigenvalue weighted by atomic mass is 79.9. The fraction of sp³-hybridized carbons (Fsp3) is 0.400. The molecule has 1 fully saturated rings. The van der Waals surface area contributed by atoms with Crippen molar-refractivity contribution in [2.75, 3.05) is 31.1 Å². The van der Waals surface area contributed by atoms with Crippen molar-refractivity contribution in [3.8, 4) is 0 Å². The maximum atomic E-state index is 12.7. The minimum Gasteiger partial charge on any atom is -0.369 e. The Labute approximate surface area is 108 Å². The van der Waals surface area contributed by atoms with Gasteiger partial charge in [-0.2, -0.15) is 12.7 Å². The van der Waals surface area contributed by atoms with E-state index in [0.29, 0.717) is 13.1 Å². The smallest absolute Gasteiger partial charge is 0.369 e. The van der Waals surface area contributed by atoms with Gasteiger partial charge in [0.1, 0.15) is 0 Å². The molecule has 0 spiro atoms. The molecule has 0 amide bonds. The number of anilines is 1. The lowest BCUT2D eigenvalue weighted by atomic mass is 10.2. The van der Waals surface area contributed by atoms with Crippen LogP contribution in [0.4, 0.5) is 9.57 Å². The summed E-state index contributed by atoms with van der Waals surface area (Å²) < 4.78 is 36.0. The van der Waals surface area contributed by atoms with Gasteiger partial charge < -0.3 is 4.90 Å². The van der Waals surface area contributed by atoms with Gasteiger partial charge in [-0.3, -0.25) is 0 Å². The molecule has 0 aromatic heterocycles. The highest BCUT2D eigenvalue weighted by molar-refractivity contribution is 9.10. The Hall–Kier alpha value is -0.660. The fourth-order valence-corrected chi connectivity index (χ4v) is 2.82. The predicted molar refractivity (Wildman–Crippen MR) is 68.0 cm³/mol. The second-order valence-electron chi connectivity index (χ2n) is 3.81. The highest BCUT2D eigenvalue weighted by Gasteiger charge is 2.26. The van der Waals surface area contributed by atoms with E-state index in [9.17, 15) is 12.3 Å². The van der Waals surface area contributed by atoms with E-state index in [4.69, 9.17) is 0 Å². The van der Waals surface area contributed by atoms with Crippen LogP contribution in [0.3, 0.4) is 0 Å². The first-order chi connectivity index (χ1) is 7.97. The maximum Gasteiger partial charge on any atom is 0.374 e. The van der Waals surface area contributed by atoms with Crippen LogP contribution in [0.1, 0.15) is 0 Å². The Bertz CT molecular complexity index is 501. The molecule has 94 valence electrons. The van der Waals surface area contributed by atoms with Crippen molar-refractivity contribution in [1.82, 2.24) is 4.31 Å². The molecule has 7 heteroatoms. The first-order valence-corrected chi connectivity index (χ1v) is 7.30. The lowest BCUT2D eigenvalue weighted by Crippen LogP contribution is -2.47. The van der Waals surface area contributed by atoms with E-state index >= 15 is 0 Å². The van der Waals surface area contributed by atoms with Gasteiger partial charge in [-0.05, 0) is 18.2 Å². The van der Waals surface area contributed by atoms with E-state index < -0.39 is 10.4 Å². The third-order valence-electron chi connectivity index (χ3n) is 2.72. The number of hydrogen-bond acceptors (Lipinski definition) is 3. The molecule has 1 heterocycles. The lowest BCUT2D eigenvalue weighted by Gasteiger charge is -2.33. The van der Waals surface area contributed by atoms with Gasteiger partial charge >= 0.3 is 10.4 Å². The van der Waals surface area contributed by atoms with Crippen molar-refractivity contribution in [1.29, 1.82) is 0 Å². The Morgan fingerprint density at radius 1 is 1.18 bits per heavy atom. The largest absolute Gasteiger partial charge is 0.374 e. The summed E-state index contributed by atoms with van der Waals surface area (Å²) in [5, 5.41) is 0. The van der Waals surface area contributed by atoms with Crippen molar-refractivity contribution in [3.63, 3.8) is 0 Å². The van der Waals surface area contributed by atoms with Crippen molar-refractivity contribution in [2.45, 2.75) is 0 Å². The highest BCUT2D eigenvalue weighted by Crippen LogP contribution is 2.21. The molecule has 0 saturated carbocycles. The summed E-state index contributed by atoms with van der Waals surface area (Å²) >= 11 is 3.38. The van der Waals surface area contributed by atoms with Gasteiger partial charge in [-0.1, -0.05) is 25.9 Å². The van der Waals surface area contributed by atoms with Crippen LogP contribution in [0.5, 0.6) is 0 Å². The lowest BCUT2D eigenvalue weighted by molar-refractivity contribution is 0.363. The number of nitrogens with zero attached hydrogens (tertiary/aromatic N) is 2. The molecule has 0 N–H and O–H groups in total. The Morgan fingerprint density at radius 3 is 2.35 bits per heavy atom. The van der Waals surface area contributed by atoms with Gasteiger partial charge in [0.05, 0.1) is 0 Å². The summed E-state index contributed by atoms with van der Waals surface area (Å²) in [6.45, 7) is 1.37. The van der Waals surface area contributed by atoms with Crippen LogP contribution in [0.15, 0.2) is 28.7 Å². The molecule has 1 aliphatic heterocycles. The van der Waals surface area contributed by atoms with E-state index in [1.54, 1.807) is 0 Å². The van der Waals surface area contributed by atoms with E-state index in [1.165, 1.54) is 0 Å². The molecule has 1 saturated heterocycles. The Balaban J connectivity index is 2.05. The summed E-state index contributed by atoms with van der Waals surface area (Å²) in [5.74, 6) is 0. The van der Waals surface area contributed by atoms with Crippen LogP contribution >= 0.6 is 15.9 Å². The summed E-state index contributed by atoms with van der Waals surface area (Å²) in [7, 11) is -4.54. The first kappa shape index (κ1) is 12.8. The second kappa shape index (κ2) is 4.91. The minimum atomic E-state index is -4.54. The Morgan fingerprint density at radius 2 is 1.82 bits per heavy atom. The molecule has 0 atom stereocenters. The summed E-state index contributed by atoms with van der Waals surface area (Å²) in [4.78, 5) is 2.03. The quantitative estimate of drug-likeness (QED) is 0.779. The molecule has 0 aliphatic carbocycles. The fourth-order valence-electron chi connectivity index (χ4n) is 1.84. The minimum absolute atomic E-state index is 0.186. The Kier molecular flexibility index (Phi) is 3.70. The maximum absolute atomic E-state index is 12.7. The monoisotopic (exact) mass is 322 g/mol. The second-order valence-corrected chi connectivity index (χ2v) is 6.06. The third-order valence-corrected chi connectivity index (χ3v) is 4.20. The number of piperazine rings is 1. The number of benzene rings is 1. The molecule has 0 radical (unpaired) electrons. The third kappa shape index (κ3) is 3.17. The summed E-state index contributed by atoms with van der Waals surface area (Å²) in [6.07, 6.45) is 0. The molecular weight excluding hydrogens is 311 g/mol. The number of hydrogen-bond donors (Lipinski definition) is 0. The topological polar surface area (TPSA) is 40.6 Å².